The van der Waals surface area contributed by atoms with Crippen LogP contribution in [0.4, 0.5) is 4.39 Å². The van der Waals surface area contributed by atoms with Gasteiger partial charge in [0.2, 0.25) is 0 Å². The van der Waals surface area contributed by atoms with Crippen molar-refractivity contribution in [2.45, 2.75) is 20.4 Å². The van der Waals surface area contributed by atoms with Gasteiger partial charge in [-0.2, -0.15) is 0 Å². The number of benzene rings is 1. The van der Waals surface area contributed by atoms with Crippen LogP contribution < -0.4 is 0 Å². The zero-order valence-electron chi connectivity index (χ0n) is 12.2. The summed E-state index contributed by atoms with van der Waals surface area (Å²) in [4.78, 5) is 2.21. The Hall–Kier alpha value is -0.490. The quantitative estimate of drug-likeness (QED) is 0.605. The van der Waals surface area contributed by atoms with E-state index in [0.29, 0.717) is 33.0 Å². The first kappa shape index (κ1) is 17.6. The lowest BCUT2D eigenvalue weighted by Crippen LogP contribution is -2.30. The van der Waals surface area contributed by atoms with Gasteiger partial charge in [0.05, 0.1) is 13.2 Å². The molecular weight excluding hydrogens is 325 g/mol. The molecule has 0 aliphatic carbocycles. The minimum absolute atomic E-state index is 0.219. The van der Waals surface area contributed by atoms with Gasteiger partial charge in [-0.05, 0) is 37.6 Å². The lowest BCUT2D eigenvalue weighted by Gasteiger charge is -2.22. The molecule has 0 aliphatic rings. The minimum Gasteiger partial charge on any atom is -0.380 e. The Morgan fingerprint density at radius 2 is 1.65 bits per heavy atom. The predicted molar refractivity (Wildman–Crippen MR) is 82.4 cm³/mol. The summed E-state index contributed by atoms with van der Waals surface area (Å²) in [7, 11) is 0. The van der Waals surface area contributed by atoms with Crippen molar-refractivity contribution in [1.29, 1.82) is 0 Å². The molecule has 0 fully saturated rings. The molecule has 0 N–H and O–H groups in total. The SMILES string of the molecule is CCOCCN(CCOCC)Cc1cc(F)cc(Br)c1. The van der Waals surface area contributed by atoms with Crippen molar-refractivity contribution >= 4 is 15.9 Å². The van der Waals surface area contributed by atoms with E-state index in [1.165, 1.54) is 6.07 Å². The second kappa shape index (κ2) is 10.3. The molecule has 1 rings (SSSR count). The van der Waals surface area contributed by atoms with E-state index in [4.69, 9.17) is 9.47 Å². The molecule has 0 spiro atoms. The fraction of sp³-hybridized carbons (Fsp3) is 0.600. The lowest BCUT2D eigenvalue weighted by atomic mass is 10.2. The third-order valence-electron chi connectivity index (χ3n) is 2.84. The van der Waals surface area contributed by atoms with E-state index in [9.17, 15) is 4.39 Å². The van der Waals surface area contributed by atoms with Crippen LogP contribution in [0.15, 0.2) is 22.7 Å². The summed E-state index contributed by atoms with van der Waals surface area (Å²) in [5, 5.41) is 0. The molecule has 0 amide bonds. The highest BCUT2D eigenvalue weighted by atomic mass is 79.9. The van der Waals surface area contributed by atoms with Crippen molar-refractivity contribution in [3.05, 3.63) is 34.1 Å². The van der Waals surface area contributed by atoms with Crippen LogP contribution in [0.2, 0.25) is 0 Å². The molecule has 0 aromatic heterocycles. The van der Waals surface area contributed by atoms with E-state index in [-0.39, 0.29) is 5.82 Å². The van der Waals surface area contributed by atoms with Gasteiger partial charge < -0.3 is 9.47 Å². The molecule has 0 aliphatic heterocycles. The van der Waals surface area contributed by atoms with E-state index in [1.807, 2.05) is 19.9 Å². The minimum atomic E-state index is -0.219. The van der Waals surface area contributed by atoms with Crippen molar-refractivity contribution in [1.82, 2.24) is 4.90 Å². The average molecular weight is 348 g/mol. The normalized spacial score (nSPS) is 11.2. The average Bonchev–Trinajstić information content (AvgIpc) is 2.38. The molecule has 0 bridgehead atoms. The molecule has 0 atom stereocenters. The van der Waals surface area contributed by atoms with Crippen LogP contribution in [-0.4, -0.2) is 44.4 Å². The molecule has 0 heterocycles. The van der Waals surface area contributed by atoms with Gasteiger partial charge in [0.15, 0.2) is 0 Å². The van der Waals surface area contributed by atoms with Gasteiger partial charge in [0, 0.05) is 37.3 Å². The van der Waals surface area contributed by atoms with E-state index in [0.717, 1.165) is 23.1 Å². The van der Waals surface area contributed by atoms with Crippen molar-refractivity contribution in [3.8, 4) is 0 Å². The van der Waals surface area contributed by atoms with Crippen LogP contribution in [0.3, 0.4) is 0 Å². The molecule has 0 unspecified atom stereocenters. The summed E-state index contributed by atoms with van der Waals surface area (Å²) in [5.41, 5.74) is 0.949. The molecular formula is C15H23BrFNO2. The first-order valence-electron chi connectivity index (χ1n) is 6.98. The van der Waals surface area contributed by atoms with Gasteiger partial charge in [-0.25, -0.2) is 4.39 Å². The summed E-state index contributed by atoms with van der Waals surface area (Å²) in [6.45, 7) is 9.07. The Morgan fingerprint density at radius 3 is 2.15 bits per heavy atom. The maximum atomic E-state index is 13.4. The van der Waals surface area contributed by atoms with E-state index in [2.05, 4.69) is 20.8 Å². The molecule has 0 radical (unpaired) electrons. The predicted octanol–water partition coefficient (Wildman–Crippen LogP) is 3.46. The van der Waals surface area contributed by atoms with Gasteiger partial charge in [-0.3, -0.25) is 4.90 Å². The third-order valence-corrected chi connectivity index (χ3v) is 3.30. The van der Waals surface area contributed by atoms with Gasteiger partial charge in [0.1, 0.15) is 5.82 Å². The standard InChI is InChI=1S/C15H23BrFNO2/c1-3-19-7-5-18(6-8-20-4-2)12-13-9-14(16)11-15(17)10-13/h9-11H,3-8,12H2,1-2H3. The van der Waals surface area contributed by atoms with Gasteiger partial charge in [-0.1, -0.05) is 15.9 Å². The van der Waals surface area contributed by atoms with Crippen LogP contribution in [0.1, 0.15) is 19.4 Å². The number of hydrogen-bond acceptors (Lipinski definition) is 3. The maximum Gasteiger partial charge on any atom is 0.124 e. The summed E-state index contributed by atoms with van der Waals surface area (Å²) in [5.74, 6) is -0.219. The zero-order valence-corrected chi connectivity index (χ0v) is 13.8. The van der Waals surface area contributed by atoms with Crippen molar-refractivity contribution in [3.63, 3.8) is 0 Å². The molecule has 20 heavy (non-hydrogen) atoms. The van der Waals surface area contributed by atoms with Crippen molar-refractivity contribution in [2.24, 2.45) is 0 Å². The highest BCUT2D eigenvalue weighted by molar-refractivity contribution is 9.10. The molecule has 3 nitrogen and oxygen atoms in total. The molecule has 5 heteroatoms. The van der Waals surface area contributed by atoms with E-state index < -0.39 is 0 Å². The lowest BCUT2D eigenvalue weighted by molar-refractivity contribution is 0.0797. The van der Waals surface area contributed by atoms with Crippen LogP contribution in [-0.2, 0) is 16.0 Å². The monoisotopic (exact) mass is 347 g/mol. The number of ether oxygens (including phenoxy) is 2. The van der Waals surface area contributed by atoms with Crippen LogP contribution in [0.25, 0.3) is 0 Å². The van der Waals surface area contributed by atoms with Crippen molar-refractivity contribution < 1.29 is 13.9 Å². The number of halogens is 2. The fourth-order valence-electron chi connectivity index (χ4n) is 1.91. The first-order chi connectivity index (χ1) is 9.65. The molecule has 0 saturated carbocycles. The second-order valence-corrected chi connectivity index (χ2v) is 5.36. The first-order valence-corrected chi connectivity index (χ1v) is 7.77. The second-order valence-electron chi connectivity index (χ2n) is 4.45. The maximum absolute atomic E-state index is 13.4. The largest absolute Gasteiger partial charge is 0.380 e. The zero-order chi connectivity index (χ0) is 14.8. The molecule has 1 aromatic carbocycles. The molecule has 114 valence electrons. The van der Waals surface area contributed by atoms with Crippen LogP contribution >= 0.6 is 15.9 Å². The van der Waals surface area contributed by atoms with Gasteiger partial charge in [0.25, 0.3) is 0 Å². The van der Waals surface area contributed by atoms with Crippen LogP contribution in [0.5, 0.6) is 0 Å². The Balaban J connectivity index is 2.56. The van der Waals surface area contributed by atoms with Crippen LogP contribution in [0, 0.1) is 5.82 Å². The number of rotatable bonds is 10. The molecule has 0 saturated heterocycles. The fourth-order valence-corrected chi connectivity index (χ4v) is 2.42. The summed E-state index contributed by atoms with van der Waals surface area (Å²) in [6, 6.07) is 4.98. The summed E-state index contributed by atoms with van der Waals surface area (Å²) in [6.07, 6.45) is 0. The highest BCUT2D eigenvalue weighted by Gasteiger charge is 2.08. The highest BCUT2D eigenvalue weighted by Crippen LogP contribution is 2.16. The topological polar surface area (TPSA) is 21.7 Å². The van der Waals surface area contributed by atoms with Gasteiger partial charge >= 0.3 is 0 Å². The Labute approximate surface area is 129 Å². The summed E-state index contributed by atoms with van der Waals surface area (Å²) < 4.78 is 24.9. The third kappa shape index (κ3) is 7.33. The van der Waals surface area contributed by atoms with Crippen molar-refractivity contribution in [2.75, 3.05) is 39.5 Å². The Bertz CT molecular complexity index is 360. The number of hydrogen-bond donors (Lipinski definition) is 0. The van der Waals surface area contributed by atoms with E-state index >= 15 is 0 Å². The number of nitrogens with zero attached hydrogens (tertiary/aromatic N) is 1. The van der Waals surface area contributed by atoms with E-state index in [1.54, 1.807) is 6.07 Å². The Kier molecular flexibility index (Phi) is 9.02. The molecule has 1 aromatic rings. The summed E-state index contributed by atoms with van der Waals surface area (Å²) >= 11 is 3.32. The smallest absolute Gasteiger partial charge is 0.124 e. The Morgan fingerprint density at radius 1 is 1.05 bits per heavy atom. The van der Waals surface area contributed by atoms with Gasteiger partial charge in [-0.15, -0.1) is 0 Å².